The Hall–Kier alpha value is -3.08. The molecule has 0 unspecified atom stereocenters. The zero-order valence-electron chi connectivity index (χ0n) is 19.3. The van der Waals surface area contributed by atoms with Crippen LogP contribution < -0.4 is 27.4 Å². The van der Waals surface area contributed by atoms with Crippen molar-refractivity contribution in [1.82, 2.24) is 15.0 Å². The first-order valence-electron chi connectivity index (χ1n) is 11.4. The van der Waals surface area contributed by atoms with Crippen molar-refractivity contribution in [2.75, 3.05) is 34.8 Å². The van der Waals surface area contributed by atoms with E-state index in [-0.39, 0.29) is 23.2 Å². The van der Waals surface area contributed by atoms with Crippen molar-refractivity contribution in [2.45, 2.75) is 47.6 Å². The van der Waals surface area contributed by atoms with Gasteiger partial charge >= 0.3 is 0 Å². The Bertz CT molecular complexity index is 1290. The second-order valence-corrected chi connectivity index (χ2v) is 10.4. The smallest absolute Gasteiger partial charge is 0.221 e. The van der Waals surface area contributed by atoms with E-state index in [1.54, 1.807) is 18.5 Å². The lowest BCUT2D eigenvalue weighted by Gasteiger charge is -2.43. The minimum absolute atomic E-state index is 0.00188. The third-order valence-corrected chi connectivity index (χ3v) is 8.55. The van der Waals surface area contributed by atoms with Crippen molar-refractivity contribution in [3.8, 4) is 0 Å². The molecule has 0 saturated carbocycles. The zero-order chi connectivity index (χ0) is 24.7. The molecule has 11 heteroatoms. The molecule has 1 saturated heterocycles. The highest BCUT2D eigenvalue weighted by Crippen LogP contribution is 2.48. The van der Waals surface area contributed by atoms with Crippen LogP contribution in [0.25, 0.3) is 0 Å². The number of hydrogen-bond donors (Lipinski definition) is 4. The molecule has 0 bridgehead atoms. The van der Waals surface area contributed by atoms with E-state index in [9.17, 15) is 4.79 Å². The minimum Gasteiger partial charge on any atom is -0.382 e. The van der Waals surface area contributed by atoms with Gasteiger partial charge in [0.05, 0.1) is 11.2 Å². The fourth-order valence-electron chi connectivity index (χ4n) is 5.21. The lowest BCUT2D eigenvalue weighted by atomic mass is 9.71. The predicted octanol–water partition coefficient (Wildman–Crippen LogP) is 3.22. The van der Waals surface area contributed by atoms with Gasteiger partial charge in [-0.1, -0.05) is 35.5 Å². The fraction of sp³-hybridized carbons (Fsp3) is 0.333. The molecule has 0 radical (unpaired) electrons. The van der Waals surface area contributed by atoms with Crippen LogP contribution in [0.3, 0.4) is 0 Å². The summed E-state index contributed by atoms with van der Waals surface area (Å²) in [5, 5.41) is 3.90. The van der Waals surface area contributed by atoms with Gasteiger partial charge in [-0.15, -0.1) is 0 Å². The van der Waals surface area contributed by atoms with E-state index in [4.69, 9.17) is 28.8 Å². The molecular formula is C24H27ClN8OS. The van der Waals surface area contributed by atoms with Gasteiger partial charge in [-0.2, -0.15) is 0 Å². The fourth-order valence-corrected chi connectivity index (χ4v) is 6.22. The van der Waals surface area contributed by atoms with Crippen molar-refractivity contribution in [3.05, 3.63) is 52.8 Å². The van der Waals surface area contributed by atoms with Gasteiger partial charge in [-0.25, -0.2) is 15.0 Å². The van der Waals surface area contributed by atoms with Crippen LogP contribution in [-0.2, 0) is 16.6 Å². The predicted molar refractivity (Wildman–Crippen MR) is 140 cm³/mol. The highest BCUT2D eigenvalue weighted by Gasteiger charge is 2.47. The van der Waals surface area contributed by atoms with Crippen LogP contribution in [0, 0.1) is 0 Å². The largest absolute Gasteiger partial charge is 0.382 e. The van der Waals surface area contributed by atoms with Crippen molar-refractivity contribution in [2.24, 2.45) is 5.73 Å². The number of nitrogen functional groups attached to an aromatic ring is 2. The molecule has 7 N–H and O–H groups in total. The van der Waals surface area contributed by atoms with Crippen LogP contribution in [0.4, 0.5) is 23.1 Å². The second-order valence-electron chi connectivity index (χ2n) is 9.00. The standard InChI is InChI=1S/C24H27ClN8OS/c1-13(34)31-16-4-2-3-15-14(16)11-18(26)24(15)6-9-33(10-7-24)19-12-30-23(22(28)32-19)35-17-5-8-29-21(27)20(17)25/h2-5,8,12,18H,6-7,9-11,26H2,1H3,(H2,27,29)(H2,28,32)(H,31,34)/t18-/m1/s1. The number of nitrogens with zero attached hydrogens (tertiary/aromatic N) is 4. The highest BCUT2D eigenvalue weighted by atomic mass is 35.5. The average Bonchev–Trinajstić information content (AvgIpc) is 3.10. The number of pyridine rings is 1. The van der Waals surface area contributed by atoms with E-state index < -0.39 is 0 Å². The Kier molecular flexibility index (Phi) is 6.20. The second kappa shape index (κ2) is 9.18. The number of nitrogens with one attached hydrogen (secondary N) is 1. The lowest BCUT2D eigenvalue weighted by molar-refractivity contribution is -0.114. The number of anilines is 4. The third kappa shape index (κ3) is 4.26. The number of fused-ring (bicyclic) bond motifs is 2. The van der Waals surface area contributed by atoms with Gasteiger partial charge in [0.15, 0.2) is 5.82 Å². The molecule has 1 fully saturated rings. The van der Waals surface area contributed by atoms with Gasteiger partial charge in [0.2, 0.25) is 5.91 Å². The van der Waals surface area contributed by atoms with Gasteiger partial charge in [0.1, 0.15) is 16.7 Å². The molecule has 1 aromatic carbocycles. The summed E-state index contributed by atoms with van der Waals surface area (Å²) >= 11 is 7.56. The summed E-state index contributed by atoms with van der Waals surface area (Å²) in [4.78, 5) is 27.7. The Morgan fingerprint density at radius 3 is 2.69 bits per heavy atom. The van der Waals surface area contributed by atoms with E-state index in [1.165, 1.54) is 24.2 Å². The number of carbonyl (C=O) groups excluding carboxylic acids is 1. The number of halogens is 1. The van der Waals surface area contributed by atoms with Gasteiger partial charge in [-0.05, 0) is 42.5 Å². The van der Waals surface area contributed by atoms with E-state index in [0.717, 1.165) is 54.3 Å². The number of rotatable bonds is 4. The Labute approximate surface area is 212 Å². The Morgan fingerprint density at radius 2 is 1.97 bits per heavy atom. The molecular weight excluding hydrogens is 484 g/mol. The van der Waals surface area contributed by atoms with Crippen molar-refractivity contribution >= 4 is 52.4 Å². The molecule has 5 rings (SSSR count). The Balaban J connectivity index is 1.33. The Morgan fingerprint density at radius 1 is 1.20 bits per heavy atom. The molecule has 1 aliphatic heterocycles. The molecule has 1 atom stereocenters. The molecule has 3 heterocycles. The van der Waals surface area contributed by atoms with E-state index in [2.05, 4.69) is 31.2 Å². The quantitative estimate of drug-likeness (QED) is 0.415. The van der Waals surface area contributed by atoms with Crippen LogP contribution in [0.5, 0.6) is 0 Å². The zero-order valence-corrected chi connectivity index (χ0v) is 20.9. The lowest BCUT2D eigenvalue weighted by Crippen LogP contribution is -2.50. The molecule has 35 heavy (non-hydrogen) atoms. The van der Waals surface area contributed by atoms with E-state index in [1.807, 2.05) is 12.1 Å². The summed E-state index contributed by atoms with van der Waals surface area (Å²) in [5.74, 6) is 1.26. The molecule has 9 nitrogen and oxygen atoms in total. The van der Waals surface area contributed by atoms with Crippen LogP contribution in [0.15, 0.2) is 46.6 Å². The number of amides is 1. The van der Waals surface area contributed by atoms with Gasteiger partial charge in [-0.3, -0.25) is 4.79 Å². The first-order chi connectivity index (χ1) is 16.8. The number of piperidine rings is 1. The van der Waals surface area contributed by atoms with Crippen molar-refractivity contribution in [3.63, 3.8) is 0 Å². The summed E-state index contributed by atoms with van der Waals surface area (Å²) in [7, 11) is 0. The normalized spacial score (nSPS) is 18.5. The first-order valence-corrected chi connectivity index (χ1v) is 12.6. The maximum atomic E-state index is 11.7. The van der Waals surface area contributed by atoms with E-state index in [0.29, 0.717) is 15.9 Å². The van der Waals surface area contributed by atoms with Gasteiger partial charge in [0, 0.05) is 48.2 Å². The van der Waals surface area contributed by atoms with Crippen LogP contribution >= 0.6 is 23.4 Å². The maximum absolute atomic E-state index is 11.7. The molecule has 2 aliphatic rings. The summed E-state index contributed by atoms with van der Waals surface area (Å²) in [6.45, 7) is 3.09. The number of benzene rings is 1. The average molecular weight is 511 g/mol. The molecule has 1 spiro atoms. The summed E-state index contributed by atoms with van der Waals surface area (Å²) in [5.41, 5.74) is 21.9. The SMILES string of the molecule is CC(=O)Nc1cccc2c1C[C@@H](N)C21CCN(c2cnc(Sc3ccnc(N)c3Cl)c(N)n2)CC1. The summed E-state index contributed by atoms with van der Waals surface area (Å²) < 4.78 is 0. The van der Waals surface area contributed by atoms with Crippen LogP contribution in [0.2, 0.25) is 5.02 Å². The molecule has 1 aliphatic carbocycles. The first kappa shape index (κ1) is 23.7. The monoisotopic (exact) mass is 510 g/mol. The number of nitrogens with two attached hydrogens (primary N) is 3. The van der Waals surface area contributed by atoms with Crippen LogP contribution in [0.1, 0.15) is 30.9 Å². The molecule has 1 amide bonds. The maximum Gasteiger partial charge on any atom is 0.221 e. The van der Waals surface area contributed by atoms with Gasteiger partial charge in [0.25, 0.3) is 0 Å². The van der Waals surface area contributed by atoms with Crippen LogP contribution in [-0.4, -0.2) is 40.0 Å². The molecule has 2 aromatic heterocycles. The third-order valence-electron chi connectivity index (χ3n) is 6.98. The topological polar surface area (TPSA) is 149 Å². The highest BCUT2D eigenvalue weighted by molar-refractivity contribution is 7.99. The minimum atomic E-state index is -0.118. The number of carbonyl (C=O) groups is 1. The van der Waals surface area contributed by atoms with Crippen molar-refractivity contribution < 1.29 is 4.79 Å². The van der Waals surface area contributed by atoms with E-state index >= 15 is 0 Å². The number of hydrogen-bond acceptors (Lipinski definition) is 9. The number of aromatic nitrogens is 3. The van der Waals surface area contributed by atoms with Crippen molar-refractivity contribution in [1.29, 1.82) is 0 Å². The van der Waals surface area contributed by atoms with Gasteiger partial charge < -0.3 is 27.4 Å². The molecule has 3 aromatic rings. The summed E-state index contributed by atoms with van der Waals surface area (Å²) in [6, 6.07) is 7.88. The summed E-state index contributed by atoms with van der Waals surface area (Å²) in [6.07, 6.45) is 5.86. The molecule has 182 valence electrons.